The fraction of sp³-hybridized carbons (Fsp3) is 0.720. The molecular formula is C25H37N3O2. The molecule has 30 heavy (non-hydrogen) atoms. The largest absolute Gasteiger partial charge is 0.497 e. The highest BCUT2D eigenvalue weighted by atomic mass is 16.5. The summed E-state index contributed by atoms with van der Waals surface area (Å²) in [6.45, 7) is 8.82. The number of hydrogen-bond donors (Lipinski definition) is 1. The first-order valence-electron chi connectivity index (χ1n) is 11.9. The van der Waals surface area contributed by atoms with Crippen molar-refractivity contribution in [3.63, 3.8) is 0 Å². The van der Waals surface area contributed by atoms with Crippen molar-refractivity contribution in [3.8, 4) is 5.75 Å². The minimum absolute atomic E-state index is 0.201. The zero-order valence-electron chi connectivity index (χ0n) is 18.8. The minimum atomic E-state index is -0.390. The van der Waals surface area contributed by atoms with Crippen molar-refractivity contribution < 1.29 is 9.53 Å². The molecule has 3 atom stereocenters. The summed E-state index contributed by atoms with van der Waals surface area (Å²) in [6.07, 6.45) is 7.50. The Kier molecular flexibility index (Phi) is 5.00. The summed E-state index contributed by atoms with van der Waals surface area (Å²) in [6, 6.07) is 8.11. The molecule has 6 rings (SSSR count). The Morgan fingerprint density at radius 1 is 1.13 bits per heavy atom. The van der Waals surface area contributed by atoms with E-state index in [1.807, 2.05) is 12.1 Å². The fourth-order valence-corrected chi connectivity index (χ4v) is 6.99. The molecule has 1 spiro atoms. The van der Waals surface area contributed by atoms with E-state index >= 15 is 0 Å². The van der Waals surface area contributed by atoms with Gasteiger partial charge in [0.25, 0.3) is 0 Å². The Labute approximate surface area is 181 Å². The number of hydrogen-bond acceptors (Lipinski definition) is 4. The molecular weight excluding hydrogens is 374 g/mol. The third-order valence-corrected chi connectivity index (χ3v) is 9.22. The summed E-state index contributed by atoms with van der Waals surface area (Å²) in [5.74, 6) is 3.89. The van der Waals surface area contributed by atoms with E-state index in [1.165, 1.54) is 32.2 Å². The second kappa shape index (κ2) is 7.44. The van der Waals surface area contributed by atoms with Gasteiger partial charge in [-0.3, -0.25) is 4.79 Å². The average molecular weight is 412 g/mol. The highest BCUT2D eigenvalue weighted by Gasteiger charge is 2.54. The van der Waals surface area contributed by atoms with Gasteiger partial charge < -0.3 is 19.9 Å². The quantitative estimate of drug-likeness (QED) is 0.799. The predicted octanol–water partition coefficient (Wildman–Crippen LogP) is 3.89. The maximum absolute atomic E-state index is 12.9. The lowest BCUT2D eigenvalue weighted by atomic mass is 9.45. The Morgan fingerprint density at radius 2 is 1.87 bits per heavy atom. The number of likely N-dealkylation sites (tertiary alicyclic amines) is 1. The van der Waals surface area contributed by atoms with Crippen molar-refractivity contribution in [2.75, 3.05) is 38.3 Å². The first-order chi connectivity index (χ1) is 14.4. The van der Waals surface area contributed by atoms with E-state index in [1.54, 1.807) is 7.11 Å². The molecule has 3 saturated carbocycles. The van der Waals surface area contributed by atoms with Gasteiger partial charge in [0.05, 0.1) is 13.8 Å². The van der Waals surface area contributed by atoms with Gasteiger partial charge in [0.1, 0.15) is 11.3 Å². The van der Waals surface area contributed by atoms with Crippen molar-refractivity contribution in [2.24, 2.45) is 23.2 Å². The highest BCUT2D eigenvalue weighted by molar-refractivity contribution is 5.93. The van der Waals surface area contributed by atoms with E-state index in [2.05, 4.69) is 41.1 Å². The number of carbonyl (C=O) groups excluding carboxylic acids is 1. The number of carbonyl (C=O) groups is 1. The van der Waals surface area contributed by atoms with Gasteiger partial charge in [-0.25, -0.2) is 0 Å². The SMILES string of the molecule is COc1ccc(N2CNC(=O)C23CCN(CCC2CCC4CC2C4(C)C)CC3)cc1. The number of methoxy groups -OCH3 is 1. The normalized spacial score (nSPS) is 32.0. The van der Waals surface area contributed by atoms with Crippen LogP contribution in [0.5, 0.6) is 5.75 Å². The molecule has 5 aliphatic rings. The third-order valence-electron chi connectivity index (χ3n) is 9.22. The van der Waals surface area contributed by atoms with Gasteiger partial charge >= 0.3 is 0 Å². The van der Waals surface area contributed by atoms with Gasteiger partial charge in [0.2, 0.25) is 5.91 Å². The molecule has 1 aromatic rings. The standard InChI is InChI=1S/C25H37N3O2/c1-24(2)19-5-4-18(22(24)16-19)10-13-27-14-11-25(12-15-27)23(29)26-17-28(25)20-6-8-21(30-3)9-7-20/h6-9,18-19,22H,4-5,10-17H2,1-3H3,(H,26,29). The summed E-state index contributed by atoms with van der Waals surface area (Å²) >= 11 is 0. The minimum Gasteiger partial charge on any atom is -0.497 e. The van der Waals surface area contributed by atoms with Gasteiger partial charge in [0, 0.05) is 18.8 Å². The molecule has 0 aromatic heterocycles. The molecule has 0 radical (unpaired) electrons. The lowest BCUT2D eigenvalue weighted by molar-refractivity contribution is -0.125. The van der Waals surface area contributed by atoms with Crippen molar-refractivity contribution in [2.45, 2.75) is 57.9 Å². The zero-order chi connectivity index (χ0) is 20.9. The van der Waals surface area contributed by atoms with Gasteiger partial charge in [-0.05, 0) is 92.5 Å². The molecule has 1 amide bonds. The lowest BCUT2D eigenvalue weighted by Gasteiger charge is -2.60. The number of nitrogens with zero attached hydrogens (tertiary/aromatic N) is 2. The number of piperidine rings is 1. The molecule has 2 aliphatic heterocycles. The van der Waals surface area contributed by atoms with Gasteiger partial charge in [0.15, 0.2) is 0 Å². The molecule has 3 unspecified atom stereocenters. The second-order valence-corrected chi connectivity index (χ2v) is 10.6. The van der Waals surface area contributed by atoms with Crippen LogP contribution in [-0.4, -0.2) is 49.8 Å². The fourth-order valence-electron chi connectivity index (χ4n) is 6.99. The maximum atomic E-state index is 12.9. The maximum Gasteiger partial charge on any atom is 0.247 e. The molecule has 1 aromatic carbocycles. The van der Waals surface area contributed by atoms with E-state index in [0.717, 1.165) is 55.1 Å². The molecule has 2 bridgehead atoms. The molecule has 5 heteroatoms. The van der Waals surface area contributed by atoms with Gasteiger partial charge in [-0.1, -0.05) is 13.8 Å². The van der Waals surface area contributed by atoms with Crippen LogP contribution in [0.25, 0.3) is 0 Å². The molecule has 2 saturated heterocycles. The van der Waals surface area contributed by atoms with Crippen molar-refractivity contribution in [1.29, 1.82) is 0 Å². The third kappa shape index (κ3) is 3.12. The van der Waals surface area contributed by atoms with Crippen LogP contribution in [0.1, 0.15) is 52.4 Å². The Morgan fingerprint density at radius 3 is 2.50 bits per heavy atom. The van der Waals surface area contributed by atoms with Crippen molar-refractivity contribution in [1.82, 2.24) is 10.2 Å². The average Bonchev–Trinajstić information content (AvgIpc) is 3.09. The summed E-state index contributed by atoms with van der Waals surface area (Å²) in [7, 11) is 1.69. The number of anilines is 1. The molecule has 1 N–H and O–H groups in total. The summed E-state index contributed by atoms with van der Waals surface area (Å²) in [5, 5.41) is 3.11. The number of nitrogens with one attached hydrogen (secondary N) is 1. The van der Waals surface area contributed by atoms with Crippen LogP contribution in [0.15, 0.2) is 24.3 Å². The molecule has 2 heterocycles. The summed E-state index contributed by atoms with van der Waals surface area (Å²) < 4.78 is 5.30. The highest BCUT2D eigenvalue weighted by Crippen LogP contribution is 2.62. The number of ether oxygens (including phenoxy) is 1. The molecule has 3 aliphatic carbocycles. The van der Waals surface area contributed by atoms with Crippen molar-refractivity contribution >= 4 is 11.6 Å². The Hall–Kier alpha value is -1.75. The van der Waals surface area contributed by atoms with E-state index in [4.69, 9.17) is 4.74 Å². The number of amides is 1. The molecule has 164 valence electrons. The first-order valence-corrected chi connectivity index (χ1v) is 11.9. The van der Waals surface area contributed by atoms with E-state index in [0.29, 0.717) is 12.1 Å². The van der Waals surface area contributed by atoms with Crippen LogP contribution in [0.2, 0.25) is 0 Å². The molecule has 5 nitrogen and oxygen atoms in total. The van der Waals surface area contributed by atoms with Gasteiger partial charge in [-0.2, -0.15) is 0 Å². The lowest BCUT2D eigenvalue weighted by Crippen LogP contribution is -2.57. The first kappa shape index (κ1) is 20.2. The number of fused-ring (bicyclic) bond motifs is 2. The Bertz CT molecular complexity index is 780. The van der Waals surface area contributed by atoms with Crippen LogP contribution in [-0.2, 0) is 4.79 Å². The van der Waals surface area contributed by atoms with Crippen LogP contribution >= 0.6 is 0 Å². The van der Waals surface area contributed by atoms with Crippen molar-refractivity contribution in [3.05, 3.63) is 24.3 Å². The van der Waals surface area contributed by atoms with E-state index in [9.17, 15) is 4.79 Å². The van der Waals surface area contributed by atoms with E-state index < -0.39 is 0 Å². The number of benzene rings is 1. The van der Waals surface area contributed by atoms with Crippen LogP contribution in [0, 0.1) is 23.2 Å². The van der Waals surface area contributed by atoms with Crippen LogP contribution in [0.3, 0.4) is 0 Å². The predicted molar refractivity (Wildman–Crippen MR) is 120 cm³/mol. The summed E-state index contributed by atoms with van der Waals surface area (Å²) in [4.78, 5) is 17.8. The van der Waals surface area contributed by atoms with Crippen LogP contribution in [0.4, 0.5) is 5.69 Å². The van der Waals surface area contributed by atoms with Gasteiger partial charge in [-0.15, -0.1) is 0 Å². The zero-order valence-corrected chi connectivity index (χ0v) is 18.8. The summed E-state index contributed by atoms with van der Waals surface area (Å²) in [5.41, 5.74) is 1.29. The molecule has 5 fully saturated rings. The topological polar surface area (TPSA) is 44.8 Å². The second-order valence-electron chi connectivity index (χ2n) is 10.6. The van der Waals surface area contributed by atoms with Crippen LogP contribution < -0.4 is 15.0 Å². The Balaban J connectivity index is 1.20. The monoisotopic (exact) mass is 411 g/mol. The number of rotatable bonds is 5. The van der Waals surface area contributed by atoms with E-state index in [-0.39, 0.29) is 11.4 Å². The smallest absolute Gasteiger partial charge is 0.247 e.